The van der Waals surface area contributed by atoms with E-state index in [1.807, 2.05) is 6.07 Å². The number of pyridine rings is 1. The number of nitrogens with two attached hydrogens (primary N) is 1. The maximum absolute atomic E-state index is 12.9. The predicted molar refractivity (Wildman–Crippen MR) is 54.0 cm³/mol. The molecule has 1 aromatic carbocycles. The summed E-state index contributed by atoms with van der Waals surface area (Å²) in [4.78, 5) is 3.94. The van der Waals surface area contributed by atoms with Crippen LogP contribution in [0, 0.1) is 5.82 Å². The Bertz CT molecular complexity index is 455. The van der Waals surface area contributed by atoms with E-state index in [1.54, 1.807) is 24.4 Å². The highest BCUT2D eigenvalue weighted by Gasteiger charge is 2.02. The molecule has 0 saturated heterocycles. The summed E-state index contributed by atoms with van der Waals surface area (Å²) >= 11 is 0. The summed E-state index contributed by atoms with van der Waals surface area (Å²) in [5.41, 5.74) is 7.17. The van der Waals surface area contributed by atoms with Crippen LogP contribution in [0.3, 0.4) is 0 Å². The zero-order valence-electron chi connectivity index (χ0n) is 7.44. The van der Waals surface area contributed by atoms with Crippen molar-refractivity contribution >= 4 is 5.82 Å². The molecule has 0 amide bonds. The van der Waals surface area contributed by atoms with E-state index in [0.717, 1.165) is 11.1 Å². The van der Waals surface area contributed by atoms with Crippen molar-refractivity contribution < 1.29 is 4.39 Å². The van der Waals surface area contributed by atoms with Gasteiger partial charge in [0.05, 0.1) is 0 Å². The summed E-state index contributed by atoms with van der Waals surface area (Å²) in [5.74, 6) is 0.142. The first-order valence-corrected chi connectivity index (χ1v) is 4.24. The van der Waals surface area contributed by atoms with Gasteiger partial charge in [-0.2, -0.15) is 0 Å². The molecule has 14 heavy (non-hydrogen) atoms. The largest absolute Gasteiger partial charge is 0.383 e. The zero-order valence-corrected chi connectivity index (χ0v) is 7.44. The molecule has 2 rings (SSSR count). The highest BCUT2D eigenvalue weighted by Crippen LogP contribution is 2.23. The third-order valence-corrected chi connectivity index (χ3v) is 1.97. The van der Waals surface area contributed by atoms with Gasteiger partial charge in [-0.25, -0.2) is 9.37 Å². The Morgan fingerprint density at radius 3 is 2.71 bits per heavy atom. The number of hydrogen-bond donors (Lipinski definition) is 1. The molecule has 3 heteroatoms. The fourth-order valence-electron chi connectivity index (χ4n) is 1.32. The number of nitrogen functional groups attached to an aromatic ring is 1. The van der Waals surface area contributed by atoms with E-state index in [9.17, 15) is 4.39 Å². The fourth-order valence-corrected chi connectivity index (χ4v) is 1.32. The van der Waals surface area contributed by atoms with Crippen LogP contribution in [0.15, 0.2) is 42.6 Å². The van der Waals surface area contributed by atoms with Gasteiger partial charge in [-0.3, -0.25) is 0 Å². The smallest absolute Gasteiger partial charge is 0.131 e. The summed E-state index contributed by atoms with van der Waals surface area (Å²) < 4.78 is 12.9. The van der Waals surface area contributed by atoms with E-state index >= 15 is 0 Å². The predicted octanol–water partition coefficient (Wildman–Crippen LogP) is 2.47. The molecule has 0 aliphatic heterocycles. The molecule has 0 bridgehead atoms. The van der Waals surface area contributed by atoms with E-state index < -0.39 is 0 Å². The summed E-state index contributed by atoms with van der Waals surface area (Å²) in [7, 11) is 0. The van der Waals surface area contributed by atoms with E-state index in [4.69, 9.17) is 5.73 Å². The van der Waals surface area contributed by atoms with Crippen LogP contribution in [0.2, 0.25) is 0 Å². The van der Waals surface area contributed by atoms with Gasteiger partial charge in [-0.05, 0) is 29.8 Å². The van der Waals surface area contributed by atoms with Gasteiger partial charge >= 0.3 is 0 Å². The molecule has 0 atom stereocenters. The van der Waals surface area contributed by atoms with Crippen LogP contribution >= 0.6 is 0 Å². The summed E-state index contributed by atoms with van der Waals surface area (Å²) in [6, 6.07) is 9.88. The van der Waals surface area contributed by atoms with Gasteiger partial charge < -0.3 is 5.73 Å². The number of halogens is 1. The Morgan fingerprint density at radius 1 is 1.14 bits per heavy atom. The van der Waals surface area contributed by atoms with Crippen molar-refractivity contribution in [2.24, 2.45) is 0 Å². The molecule has 0 unspecified atom stereocenters. The normalized spacial score (nSPS) is 10.1. The van der Waals surface area contributed by atoms with Gasteiger partial charge in [-0.1, -0.05) is 12.1 Å². The molecule has 2 N–H and O–H groups in total. The van der Waals surface area contributed by atoms with Crippen molar-refractivity contribution in [3.8, 4) is 11.1 Å². The minimum atomic E-state index is -0.272. The van der Waals surface area contributed by atoms with Crippen LogP contribution in [0.25, 0.3) is 11.1 Å². The quantitative estimate of drug-likeness (QED) is 0.746. The monoisotopic (exact) mass is 188 g/mol. The van der Waals surface area contributed by atoms with Crippen molar-refractivity contribution in [2.45, 2.75) is 0 Å². The van der Waals surface area contributed by atoms with Crippen molar-refractivity contribution in [3.05, 3.63) is 48.4 Å². The fraction of sp³-hybridized carbons (Fsp3) is 0. The Morgan fingerprint density at radius 2 is 2.00 bits per heavy atom. The number of anilines is 1. The Kier molecular flexibility index (Phi) is 2.14. The number of hydrogen-bond acceptors (Lipinski definition) is 2. The van der Waals surface area contributed by atoms with Gasteiger partial charge in [0.1, 0.15) is 11.6 Å². The Labute approximate surface area is 81.2 Å². The second-order valence-corrected chi connectivity index (χ2v) is 2.95. The van der Waals surface area contributed by atoms with Crippen LogP contribution in [0.4, 0.5) is 10.2 Å². The maximum atomic E-state index is 12.9. The number of rotatable bonds is 1. The van der Waals surface area contributed by atoms with Gasteiger partial charge in [0.25, 0.3) is 0 Å². The minimum absolute atomic E-state index is 0.272. The van der Waals surface area contributed by atoms with Gasteiger partial charge in [-0.15, -0.1) is 0 Å². The van der Waals surface area contributed by atoms with E-state index in [1.165, 1.54) is 12.1 Å². The molecule has 1 heterocycles. The highest BCUT2D eigenvalue weighted by atomic mass is 19.1. The molecule has 1 aromatic heterocycles. The first-order chi connectivity index (χ1) is 6.77. The Hall–Kier alpha value is -1.90. The second-order valence-electron chi connectivity index (χ2n) is 2.95. The molecular weight excluding hydrogens is 179 g/mol. The van der Waals surface area contributed by atoms with Crippen molar-refractivity contribution in [1.82, 2.24) is 4.98 Å². The highest BCUT2D eigenvalue weighted by molar-refractivity contribution is 5.73. The lowest BCUT2D eigenvalue weighted by Crippen LogP contribution is -1.92. The van der Waals surface area contributed by atoms with Gasteiger partial charge in [0.2, 0.25) is 0 Å². The number of benzene rings is 1. The van der Waals surface area contributed by atoms with Gasteiger partial charge in [0, 0.05) is 11.8 Å². The van der Waals surface area contributed by atoms with Crippen molar-refractivity contribution in [1.29, 1.82) is 0 Å². The molecule has 2 aromatic rings. The topological polar surface area (TPSA) is 38.9 Å². The molecule has 0 spiro atoms. The summed E-state index contributed by atoms with van der Waals surface area (Å²) in [6.07, 6.45) is 1.61. The van der Waals surface area contributed by atoms with Crippen LogP contribution in [-0.2, 0) is 0 Å². The van der Waals surface area contributed by atoms with E-state index in [-0.39, 0.29) is 5.82 Å². The SMILES string of the molecule is Nc1ncccc1-c1cccc(F)c1. The summed E-state index contributed by atoms with van der Waals surface area (Å²) in [5, 5.41) is 0. The van der Waals surface area contributed by atoms with Crippen molar-refractivity contribution in [2.75, 3.05) is 5.73 Å². The Balaban J connectivity index is 2.55. The first-order valence-electron chi connectivity index (χ1n) is 4.24. The third-order valence-electron chi connectivity index (χ3n) is 1.97. The molecule has 0 aliphatic carbocycles. The summed E-state index contributed by atoms with van der Waals surface area (Å²) in [6.45, 7) is 0. The molecule has 0 saturated carbocycles. The lowest BCUT2D eigenvalue weighted by Gasteiger charge is -2.03. The molecule has 2 nitrogen and oxygen atoms in total. The average molecular weight is 188 g/mol. The molecular formula is C11H9FN2. The van der Waals surface area contributed by atoms with Crippen LogP contribution in [0.1, 0.15) is 0 Å². The number of nitrogens with zero attached hydrogens (tertiary/aromatic N) is 1. The lowest BCUT2D eigenvalue weighted by molar-refractivity contribution is 0.628. The van der Waals surface area contributed by atoms with Crippen LogP contribution in [0.5, 0.6) is 0 Å². The zero-order chi connectivity index (χ0) is 9.97. The minimum Gasteiger partial charge on any atom is -0.383 e. The van der Waals surface area contributed by atoms with E-state index in [2.05, 4.69) is 4.98 Å². The average Bonchev–Trinajstić information content (AvgIpc) is 2.18. The van der Waals surface area contributed by atoms with Crippen molar-refractivity contribution in [3.63, 3.8) is 0 Å². The standard InChI is InChI=1S/C11H9FN2/c12-9-4-1-3-8(7-9)10-5-2-6-14-11(10)13/h1-7H,(H2,13,14). The van der Waals surface area contributed by atoms with Crippen LogP contribution in [-0.4, -0.2) is 4.98 Å². The number of aromatic nitrogens is 1. The maximum Gasteiger partial charge on any atom is 0.131 e. The molecule has 70 valence electrons. The van der Waals surface area contributed by atoms with E-state index in [0.29, 0.717) is 5.82 Å². The lowest BCUT2D eigenvalue weighted by atomic mass is 10.1. The van der Waals surface area contributed by atoms with Crippen LogP contribution < -0.4 is 5.73 Å². The van der Waals surface area contributed by atoms with Gasteiger partial charge in [0.15, 0.2) is 0 Å². The molecule has 0 radical (unpaired) electrons. The molecule has 0 aliphatic rings. The third kappa shape index (κ3) is 1.57. The molecule has 0 fully saturated rings. The second kappa shape index (κ2) is 3.46. The first kappa shape index (κ1) is 8.69.